The molecule has 0 spiro atoms. The zero-order chi connectivity index (χ0) is 18.0. The van der Waals surface area contributed by atoms with Gasteiger partial charge in [-0.15, -0.1) is 24.0 Å². The summed E-state index contributed by atoms with van der Waals surface area (Å²) in [6, 6.07) is 0.417. The Morgan fingerprint density at radius 1 is 1.24 bits per heavy atom. The van der Waals surface area contributed by atoms with Crippen LogP contribution in [0, 0.1) is 0 Å². The molecule has 0 unspecified atom stereocenters. The molecule has 0 aromatic heterocycles. The zero-order valence-electron chi connectivity index (χ0n) is 16.3. The molecule has 146 valence electrons. The molecule has 1 amide bonds. The number of guanidine groups is 1. The Bertz CT molecular complexity index is 439. The van der Waals surface area contributed by atoms with Crippen LogP contribution in [0.3, 0.4) is 0 Å². The molecule has 25 heavy (non-hydrogen) atoms. The predicted octanol–water partition coefficient (Wildman–Crippen LogP) is 3.53. The van der Waals surface area contributed by atoms with E-state index in [-0.39, 0.29) is 30.1 Å². The highest BCUT2D eigenvalue weighted by molar-refractivity contribution is 14.0. The van der Waals surface area contributed by atoms with Gasteiger partial charge in [0.05, 0.1) is 6.54 Å². The lowest BCUT2D eigenvalue weighted by Crippen LogP contribution is -2.43. The first-order valence-electron chi connectivity index (χ1n) is 9.03. The number of hydrogen-bond acceptors (Lipinski definition) is 3. The van der Waals surface area contributed by atoms with Gasteiger partial charge in [0.25, 0.3) is 0 Å². The Morgan fingerprint density at radius 2 is 1.88 bits per heavy atom. The maximum absolute atomic E-state index is 12.2. The number of rotatable bonds is 7. The van der Waals surface area contributed by atoms with Gasteiger partial charge in [-0.05, 0) is 47.0 Å². The van der Waals surface area contributed by atoms with Crippen LogP contribution in [0.5, 0.6) is 0 Å². The molecule has 1 aliphatic rings. The maximum Gasteiger partial charge on any atom is 0.410 e. The van der Waals surface area contributed by atoms with Crippen molar-refractivity contribution >= 4 is 36.0 Å². The fourth-order valence-electron chi connectivity index (χ4n) is 2.42. The van der Waals surface area contributed by atoms with Gasteiger partial charge in [-0.3, -0.25) is 4.99 Å². The van der Waals surface area contributed by atoms with Gasteiger partial charge in [0, 0.05) is 25.7 Å². The van der Waals surface area contributed by atoms with Crippen LogP contribution in [0.25, 0.3) is 0 Å². The van der Waals surface area contributed by atoms with E-state index in [0.717, 1.165) is 31.8 Å². The van der Waals surface area contributed by atoms with Gasteiger partial charge in [0.15, 0.2) is 5.96 Å². The van der Waals surface area contributed by atoms with Gasteiger partial charge < -0.3 is 20.3 Å². The van der Waals surface area contributed by atoms with E-state index < -0.39 is 5.60 Å². The lowest BCUT2D eigenvalue weighted by atomic mass is 10.2. The molecule has 0 aliphatic heterocycles. The number of carbonyl (C=O) groups is 1. The molecule has 0 aromatic carbocycles. The third-order valence-corrected chi connectivity index (χ3v) is 3.48. The number of hydrogen-bond donors (Lipinski definition) is 2. The van der Waals surface area contributed by atoms with E-state index in [0.29, 0.717) is 25.7 Å². The highest BCUT2D eigenvalue weighted by Crippen LogP contribution is 2.10. The second-order valence-corrected chi connectivity index (χ2v) is 7.01. The van der Waals surface area contributed by atoms with E-state index in [9.17, 15) is 4.79 Å². The second kappa shape index (κ2) is 12.4. The fourth-order valence-corrected chi connectivity index (χ4v) is 2.42. The van der Waals surface area contributed by atoms with E-state index in [4.69, 9.17) is 4.74 Å². The molecule has 0 radical (unpaired) electrons. The molecule has 0 atom stereocenters. The van der Waals surface area contributed by atoms with Gasteiger partial charge in [-0.2, -0.15) is 0 Å². The largest absolute Gasteiger partial charge is 0.444 e. The van der Waals surface area contributed by atoms with Crippen molar-refractivity contribution in [2.45, 2.75) is 65.5 Å². The highest BCUT2D eigenvalue weighted by Gasteiger charge is 2.21. The molecule has 0 fully saturated rings. The summed E-state index contributed by atoms with van der Waals surface area (Å²) in [4.78, 5) is 18.6. The van der Waals surface area contributed by atoms with Crippen LogP contribution >= 0.6 is 24.0 Å². The smallest absolute Gasteiger partial charge is 0.410 e. The zero-order valence-corrected chi connectivity index (χ0v) is 18.6. The average molecular weight is 466 g/mol. The van der Waals surface area contributed by atoms with Crippen LogP contribution in [0.2, 0.25) is 0 Å². The minimum Gasteiger partial charge on any atom is -0.444 e. The summed E-state index contributed by atoms with van der Waals surface area (Å²) in [5.74, 6) is 0.812. The van der Waals surface area contributed by atoms with Crippen LogP contribution in [-0.4, -0.2) is 54.8 Å². The van der Waals surface area contributed by atoms with Crippen molar-refractivity contribution in [3.8, 4) is 0 Å². The molecule has 7 heteroatoms. The van der Waals surface area contributed by atoms with Crippen LogP contribution in [-0.2, 0) is 4.74 Å². The van der Waals surface area contributed by atoms with Crippen LogP contribution in [0.15, 0.2) is 17.1 Å². The monoisotopic (exact) mass is 466 g/mol. The first kappa shape index (κ1) is 24.0. The minimum atomic E-state index is -0.474. The van der Waals surface area contributed by atoms with Crippen LogP contribution in [0.4, 0.5) is 4.79 Å². The van der Waals surface area contributed by atoms with E-state index in [1.807, 2.05) is 27.7 Å². The number of halogens is 1. The number of nitrogens with zero attached hydrogens (tertiary/aromatic N) is 2. The van der Waals surface area contributed by atoms with Crippen LogP contribution < -0.4 is 10.6 Å². The topological polar surface area (TPSA) is 66.0 Å². The summed E-state index contributed by atoms with van der Waals surface area (Å²) >= 11 is 0. The average Bonchev–Trinajstić information content (AvgIpc) is 2.97. The Morgan fingerprint density at radius 3 is 2.40 bits per heavy atom. The van der Waals surface area contributed by atoms with Crippen molar-refractivity contribution in [1.29, 1.82) is 0 Å². The lowest BCUT2D eigenvalue weighted by molar-refractivity contribution is 0.0256. The molecular formula is C18H35IN4O2. The number of aliphatic imine (C=N–C) groups is 1. The molecular weight excluding hydrogens is 431 g/mol. The number of carbonyl (C=O) groups excluding carboxylic acids is 1. The molecule has 0 aromatic rings. The third kappa shape index (κ3) is 10.6. The molecule has 1 rings (SSSR count). The van der Waals surface area contributed by atoms with Gasteiger partial charge in [-0.25, -0.2) is 4.79 Å². The van der Waals surface area contributed by atoms with Crippen molar-refractivity contribution < 1.29 is 9.53 Å². The van der Waals surface area contributed by atoms with Crippen LogP contribution in [0.1, 0.15) is 53.9 Å². The summed E-state index contributed by atoms with van der Waals surface area (Å²) in [6.07, 6.45) is 7.07. The molecule has 0 saturated heterocycles. The summed E-state index contributed by atoms with van der Waals surface area (Å²) < 4.78 is 5.46. The number of ether oxygens (including phenoxy) is 1. The van der Waals surface area contributed by atoms with E-state index >= 15 is 0 Å². The lowest BCUT2D eigenvalue weighted by Gasteiger charge is -2.27. The van der Waals surface area contributed by atoms with Crippen molar-refractivity contribution in [3.05, 3.63) is 12.2 Å². The third-order valence-electron chi connectivity index (χ3n) is 3.48. The van der Waals surface area contributed by atoms with Gasteiger partial charge in [0.1, 0.15) is 5.60 Å². The first-order valence-corrected chi connectivity index (χ1v) is 9.03. The SMILES string of the molecule is CCCN(CCN=C(NCC)NC1CC=CC1)C(=O)OC(C)(C)C.I. The summed E-state index contributed by atoms with van der Waals surface area (Å²) in [5, 5.41) is 6.69. The standard InChI is InChI=1S/C18H34N4O2.HI/c1-6-13-22(17(23)24-18(3,4)5)14-12-20-16(19-7-2)21-15-10-8-9-11-15;/h8-9,15H,6-7,10-14H2,1-5H3,(H2,19,20,21);1H. The minimum absolute atomic E-state index is 0. The van der Waals surface area contributed by atoms with E-state index in [2.05, 4.69) is 34.7 Å². The Balaban J connectivity index is 0.00000576. The van der Waals surface area contributed by atoms with Gasteiger partial charge >= 0.3 is 6.09 Å². The fraction of sp³-hybridized carbons (Fsp3) is 0.778. The Hall–Kier alpha value is -0.990. The van der Waals surface area contributed by atoms with Crippen molar-refractivity contribution in [2.24, 2.45) is 4.99 Å². The molecule has 1 aliphatic carbocycles. The molecule has 2 N–H and O–H groups in total. The van der Waals surface area contributed by atoms with E-state index in [1.165, 1.54) is 0 Å². The molecule has 0 heterocycles. The van der Waals surface area contributed by atoms with Gasteiger partial charge in [-0.1, -0.05) is 19.1 Å². The molecule has 0 saturated carbocycles. The van der Waals surface area contributed by atoms with Crippen molar-refractivity contribution in [1.82, 2.24) is 15.5 Å². The number of amides is 1. The van der Waals surface area contributed by atoms with Crippen molar-refractivity contribution in [2.75, 3.05) is 26.2 Å². The van der Waals surface area contributed by atoms with Crippen molar-refractivity contribution in [3.63, 3.8) is 0 Å². The molecule has 0 bridgehead atoms. The quantitative estimate of drug-likeness (QED) is 0.261. The normalized spacial score (nSPS) is 14.8. The summed E-state index contributed by atoms with van der Waals surface area (Å²) in [6.45, 7) is 12.4. The van der Waals surface area contributed by atoms with Gasteiger partial charge in [0.2, 0.25) is 0 Å². The first-order chi connectivity index (χ1) is 11.4. The summed E-state index contributed by atoms with van der Waals surface area (Å²) in [7, 11) is 0. The summed E-state index contributed by atoms with van der Waals surface area (Å²) in [5.41, 5.74) is -0.474. The highest BCUT2D eigenvalue weighted by atomic mass is 127. The molecule has 6 nitrogen and oxygen atoms in total. The van der Waals surface area contributed by atoms with E-state index in [1.54, 1.807) is 4.90 Å². The Labute approximate surface area is 169 Å². The maximum atomic E-state index is 12.2. The Kier molecular flexibility index (Phi) is 11.9. The predicted molar refractivity (Wildman–Crippen MR) is 115 cm³/mol. The second-order valence-electron chi connectivity index (χ2n) is 7.01. The number of nitrogens with one attached hydrogen (secondary N) is 2.